The van der Waals surface area contributed by atoms with Gasteiger partial charge in [-0.25, -0.2) is 4.79 Å². The molecule has 3 rings (SSSR count). The van der Waals surface area contributed by atoms with Gasteiger partial charge in [-0.2, -0.15) is 0 Å². The minimum absolute atomic E-state index is 0.00116. The van der Waals surface area contributed by atoms with Gasteiger partial charge >= 0.3 is 6.03 Å². The molecule has 2 unspecified atom stereocenters. The molecule has 30 heavy (non-hydrogen) atoms. The summed E-state index contributed by atoms with van der Waals surface area (Å²) in [5, 5.41) is 9.88. The maximum Gasteiger partial charge on any atom is 0.319 e. The van der Waals surface area contributed by atoms with Crippen molar-refractivity contribution in [3.8, 4) is 5.75 Å². The van der Waals surface area contributed by atoms with E-state index >= 15 is 0 Å². The van der Waals surface area contributed by atoms with E-state index in [1.807, 2.05) is 19.2 Å². The van der Waals surface area contributed by atoms with Gasteiger partial charge in [0, 0.05) is 41.5 Å². The van der Waals surface area contributed by atoms with Gasteiger partial charge in [0.05, 0.1) is 13.3 Å². The monoisotopic (exact) mass is 431 g/mol. The molecule has 7 nitrogen and oxygen atoms in total. The molecule has 0 spiro atoms. The van der Waals surface area contributed by atoms with Crippen molar-refractivity contribution in [2.24, 2.45) is 0 Å². The van der Waals surface area contributed by atoms with Crippen LogP contribution in [0.25, 0.3) is 0 Å². The van der Waals surface area contributed by atoms with E-state index in [2.05, 4.69) is 25.8 Å². The first-order chi connectivity index (χ1) is 14.6. The Morgan fingerprint density at radius 2 is 2.07 bits per heavy atom. The number of hydrogen-bond donors (Lipinski definition) is 3. The van der Waals surface area contributed by atoms with Crippen molar-refractivity contribution in [2.45, 2.75) is 24.8 Å². The molecule has 1 aromatic heterocycles. The summed E-state index contributed by atoms with van der Waals surface area (Å²) < 4.78 is 5.24. The number of rotatable bonds is 8. The lowest BCUT2D eigenvalue weighted by atomic mass is 9.88. The number of urea groups is 1. The number of carbonyl (C=O) groups excluding carboxylic acids is 1. The van der Waals surface area contributed by atoms with Crippen molar-refractivity contribution in [2.75, 3.05) is 45.7 Å². The summed E-state index contributed by atoms with van der Waals surface area (Å²) in [6.45, 7) is 3.82. The fourth-order valence-electron chi connectivity index (χ4n) is 3.78. The van der Waals surface area contributed by atoms with Gasteiger partial charge in [0.25, 0.3) is 0 Å². The molecule has 1 fully saturated rings. The maximum absolute atomic E-state index is 12.6. The fourth-order valence-corrected chi connectivity index (χ4v) is 3.90. The minimum Gasteiger partial charge on any atom is -0.495 e. The Morgan fingerprint density at radius 3 is 2.73 bits per heavy atom. The van der Waals surface area contributed by atoms with Crippen LogP contribution in [0, 0.1) is 0 Å². The normalized spacial score (nSPS) is 19.3. The van der Waals surface area contributed by atoms with Gasteiger partial charge in [-0.1, -0.05) is 11.6 Å². The van der Waals surface area contributed by atoms with Crippen molar-refractivity contribution < 1.29 is 9.53 Å². The smallest absolute Gasteiger partial charge is 0.319 e. The highest BCUT2D eigenvalue weighted by atomic mass is 35.5. The van der Waals surface area contributed by atoms with Crippen LogP contribution in [0.1, 0.15) is 24.5 Å². The van der Waals surface area contributed by atoms with E-state index < -0.39 is 0 Å². The van der Waals surface area contributed by atoms with Crippen LogP contribution >= 0.6 is 11.6 Å². The molecule has 1 saturated heterocycles. The van der Waals surface area contributed by atoms with E-state index in [1.165, 1.54) is 0 Å². The molecule has 0 radical (unpaired) electrons. The number of nitrogens with one attached hydrogen (secondary N) is 3. The Morgan fingerprint density at radius 1 is 1.27 bits per heavy atom. The van der Waals surface area contributed by atoms with Crippen LogP contribution in [0.5, 0.6) is 5.75 Å². The van der Waals surface area contributed by atoms with Crippen LogP contribution in [-0.2, 0) is 0 Å². The van der Waals surface area contributed by atoms with E-state index in [-0.39, 0.29) is 18.0 Å². The second-order valence-corrected chi connectivity index (χ2v) is 7.92. The molecule has 2 amide bonds. The molecule has 1 aliphatic heterocycles. The van der Waals surface area contributed by atoms with Gasteiger partial charge < -0.3 is 25.6 Å². The fraction of sp³-hybridized carbons (Fsp3) is 0.455. The van der Waals surface area contributed by atoms with Crippen LogP contribution in [0.15, 0.2) is 42.6 Å². The first kappa shape index (κ1) is 22.3. The Bertz CT molecular complexity index is 800. The molecule has 1 aliphatic rings. The molecule has 162 valence electrons. The molecular formula is C22H30ClN5O2. The predicted octanol–water partition coefficient (Wildman–Crippen LogP) is 3.33. The summed E-state index contributed by atoms with van der Waals surface area (Å²) in [5.41, 5.74) is 1.67. The van der Waals surface area contributed by atoms with Crippen molar-refractivity contribution in [1.82, 2.24) is 20.5 Å². The van der Waals surface area contributed by atoms with E-state index in [0.29, 0.717) is 10.7 Å². The van der Waals surface area contributed by atoms with Crippen molar-refractivity contribution in [3.63, 3.8) is 0 Å². The lowest BCUT2D eigenvalue weighted by Crippen LogP contribution is -2.51. The standard InChI is InChI=1S/C22H30ClN5O2/c1-24-11-3-12-28-13-10-21(19(15-28)20-9-8-18(30-2)14-25-20)27-22(29)26-17-6-4-16(23)5-7-17/h4-9,14,19,21,24H,3,10-13,15H2,1-2H3,(H2,26,27,29). The highest BCUT2D eigenvalue weighted by molar-refractivity contribution is 6.30. The summed E-state index contributed by atoms with van der Waals surface area (Å²) in [7, 11) is 3.60. The lowest BCUT2D eigenvalue weighted by molar-refractivity contribution is 0.171. The highest BCUT2D eigenvalue weighted by Crippen LogP contribution is 2.27. The molecule has 1 aromatic carbocycles. The van der Waals surface area contributed by atoms with Crippen molar-refractivity contribution in [3.05, 3.63) is 53.3 Å². The molecule has 0 saturated carbocycles. The minimum atomic E-state index is -0.218. The van der Waals surface area contributed by atoms with Crippen LogP contribution < -0.4 is 20.7 Å². The number of nitrogens with zero attached hydrogens (tertiary/aromatic N) is 2. The van der Waals surface area contributed by atoms with Gasteiger partial charge in [-0.05, 0) is 69.4 Å². The Labute approximate surface area is 183 Å². The number of aromatic nitrogens is 1. The zero-order valence-electron chi connectivity index (χ0n) is 17.5. The highest BCUT2D eigenvalue weighted by Gasteiger charge is 2.32. The van der Waals surface area contributed by atoms with E-state index in [9.17, 15) is 4.79 Å². The summed E-state index contributed by atoms with van der Waals surface area (Å²) in [6.07, 6.45) is 3.69. The van der Waals surface area contributed by atoms with E-state index in [1.54, 1.807) is 37.6 Å². The second-order valence-electron chi connectivity index (χ2n) is 7.49. The van der Waals surface area contributed by atoms with Crippen molar-refractivity contribution >= 4 is 23.3 Å². The first-order valence-corrected chi connectivity index (χ1v) is 10.7. The topological polar surface area (TPSA) is 78.5 Å². The third kappa shape index (κ3) is 6.32. The SMILES string of the molecule is CNCCCN1CCC(NC(=O)Nc2ccc(Cl)cc2)C(c2ccc(OC)cn2)C1. The van der Waals surface area contributed by atoms with Gasteiger partial charge in [-0.15, -0.1) is 0 Å². The number of halogens is 1. The Balaban J connectivity index is 1.68. The van der Waals surface area contributed by atoms with Crippen LogP contribution in [0.4, 0.5) is 10.5 Å². The zero-order chi connectivity index (χ0) is 21.3. The summed E-state index contributed by atoms with van der Waals surface area (Å²) in [5.74, 6) is 0.834. The molecule has 8 heteroatoms. The van der Waals surface area contributed by atoms with Crippen molar-refractivity contribution in [1.29, 1.82) is 0 Å². The molecule has 3 N–H and O–H groups in total. The van der Waals surface area contributed by atoms with E-state index in [4.69, 9.17) is 16.3 Å². The van der Waals surface area contributed by atoms with Gasteiger partial charge in [0.15, 0.2) is 0 Å². The number of amides is 2. The summed E-state index contributed by atoms with van der Waals surface area (Å²) in [4.78, 5) is 19.7. The first-order valence-electron chi connectivity index (χ1n) is 10.3. The van der Waals surface area contributed by atoms with E-state index in [0.717, 1.165) is 50.5 Å². The van der Waals surface area contributed by atoms with Crippen LogP contribution in [0.3, 0.4) is 0 Å². The van der Waals surface area contributed by atoms with Crippen LogP contribution in [0.2, 0.25) is 5.02 Å². The number of pyridine rings is 1. The number of carbonyl (C=O) groups is 1. The molecule has 0 aliphatic carbocycles. The number of likely N-dealkylation sites (tertiary alicyclic amines) is 1. The molecule has 0 bridgehead atoms. The average molecular weight is 432 g/mol. The largest absolute Gasteiger partial charge is 0.495 e. The number of benzene rings is 1. The summed E-state index contributed by atoms with van der Waals surface area (Å²) >= 11 is 5.92. The average Bonchev–Trinajstić information content (AvgIpc) is 2.76. The van der Waals surface area contributed by atoms with Gasteiger partial charge in [0.1, 0.15) is 5.75 Å². The van der Waals surface area contributed by atoms with Gasteiger partial charge in [-0.3, -0.25) is 4.98 Å². The summed E-state index contributed by atoms with van der Waals surface area (Å²) in [6, 6.07) is 10.8. The predicted molar refractivity (Wildman–Crippen MR) is 121 cm³/mol. The maximum atomic E-state index is 12.6. The Kier molecular flexibility index (Phi) is 8.30. The number of methoxy groups -OCH3 is 1. The number of piperidine rings is 1. The lowest BCUT2D eigenvalue weighted by Gasteiger charge is -2.38. The number of hydrogen-bond acceptors (Lipinski definition) is 5. The molecule has 2 atom stereocenters. The molecular weight excluding hydrogens is 402 g/mol. The third-order valence-electron chi connectivity index (χ3n) is 5.39. The molecule has 2 heterocycles. The Hall–Kier alpha value is -2.35. The van der Waals surface area contributed by atoms with Crippen LogP contribution in [-0.4, -0.2) is 62.3 Å². The van der Waals surface area contributed by atoms with Gasteiger partial charge in [0.2, 0.25) is 0 Å². The zero-order valence-corrected chi connectivity index (χ0v) is 18.3. The second kappa shape index (κ2) is 11.2. The number of ether oxygens (including phenoxy) is 1. The molecule has 2 aromatic rings. The number of anilines is 1. The quantitative estimate of drug-likeness (QED) is 0.559. The third-order valence-corrected chi connectivity index (χ3v) is 5.64.